The predicted molar refractivity (Wildman–Crippen MR) is 489 cm³/mol. The van der Waals surface area contributed by atoms with Gasteiger partial charge >= 0.3 is 0 Å². The highest BCUT2D eigenvalue weighted by Crippen LogP contribution is 2.53. The molecule has 0 unspecified atom stereocenters. The van der Waals surface area contributed by atoms with Crippen LogP contribution >= 0.6 is 0 Å². The molecule has 2 aliphatic rings. The molecule has 7 heterocycles. The summed E-state index contributed by atoms with van der Waals surface area (Å²) < 4.78 is 10.7. The lowest BCUT2D eigenvalue weighted by Gasteiger charge is -2.35. The van der Waals surface area contributed by atoms with Crippen molar-refractivity contribution in [3.8, 4) is 33.9 Å². The molecule has 5 aromatic heterocycles. The molecule has 2 aliphatic heterocycles. The highest BCUT2D eigenvalue weighted by molar-refractivity contribution is 7.00. The van der Waals surface area contributed by atoms with Crippen LogP contribution in [0.25, 0.3) is 186 Å². The lowest BCUT2D eigenvalue weighted by Crippen LogP contribution is -2.59. The van der Waals surface area contributed by atoms with Gasteiger partial charge in [0.1, 0.15) is 0 Å². The zero-order chi connectivity index (χ0) is 77.7. The van der Waals surface area contributed by atoms with Crippen molar-refractivity contribution in [2.75, 3.05) is 0 Å². The Hall–Kier alpha value is -11.7. The fraction of sp³-hybridized carbons (Fsp3) is 0.224. The van der Waals surface area contributed by atoms with Crippen LogP contribution in [0.5, 0.6) is 0 Å². The Morgan fingerprint density at radius 3 is 0.938 bits per heavy atom. The average Bonchev–Trinajstić information content (AvgIpc) is 1.53. The molecule has 15 aromatic carbocycles. The van der Waals surface area contributed by atoms with Gasteiger partial charge in [0.25, 0.3) is 6.71 Å². The summed E-state index contributed by atoms with van der Waals surface area (Å²) in [5.74, 6) is 0. The number of hydrogen-bond donors (Lipinski definition) is 0. The second kappa shape index (κ2) is 22.6. The number of benzene rings is 15. The molecular formula is C107H94BN5. The van der Waals surface area contributed by atoms with Crippen molar-refractivity contribution < 1.29 is 0 Å². The predicted octanol–water partition coefficient (Wildman–Crippen LogP) is 27.0. The molecule has 0 saturated heterocycles. The third-order valence-electron chi connectivity index (χ3n) is 26.5. The van der Waals surface area contributed by atoms with Gasteiger partial charge in [-0.1, -0.05) is 270 Å². The molecular weight excluding hydrogens is 1370 g/mol. The molecule has 0 aliphatic carbocycles. The number of aromatic nitrogens is 5. The summed E-state index contributed by atoms with van der Waals surface area (Å²) in [7, 11) is 0. The monoisotopic (exact) mass is 1460 g/mol. The van der Waals surface area contributed by atoms with Crippen LogP contribution < -0.4 is 16.4 Å². The third-order valence-corrected chi connectivity index (χ3v) is 26.5. The van der Waals surface area contributed by atoms with E-state index in [1.165, 1.54) is 191 Å². The topological polar surface area (TPSA) is 32.6 Å². The van der Waals surface area contributed by atoms with E-state index in [-0.39, 0.29) is 39.2 Å². The van der Waals surface area contributed by atoms with E-state index >= 15 is 0 Å². The minimum atomic E-state index is -0.204. The maximum atomic E-state index is 5.63. The molecule has 0 bridgehead atoms. The van der Waals surface area contributed by atoms with E-state index in [1.54, 1.807) is 0 Å². The maximum absolute atomic E-state index is 5.63. The molecule has 550 valence electrons. The highest BCUT2D eigenvalue weighted by atomic mass is 15.1. The summed E-state index contributed by atoms with van der Waals surface area (Å²) in [4.78, 5) is 5.63. The molecule has 0 saturated carbocycles. The molecule has 113 heavy (non-hydrogen) atoms. The van der Waals surface area contributed by atoms with Gasteiger partial charge in [-0.25, -0.2) is 0 Å². The van der Waals surface area contributed by atoms with Gasteiger partial charge in [0, 0.05) is 76.3 Å². The van der Waals surface area contributed by atoms with Crippen LogP contribution in [0.3, 0.4) is 0 Å². The fourth-order valence-electron chi connectivity index (χ4n) is 20.5. The van der Waals surface area contributed by atoms with E-state index in [2.05, 4.69) is 386 Å². The van der Waals surface area contributed by atoms with Crippen molar-refractivity contribution in [1.29, 1.82) is 0 Å². The Balaban J connectivity index is 0.993. The minimum Gasteiger partial charge on any atom is -0.310 e. The summed E-state index contributed by atoms with van der Waals surface area (Å²) in [5.41, 5.74) is 27.3. The van der Waals surface area contributed by atoms with Crippen LogP contribution in [0, 0.1) is 0 Å². The molecule has 20 aromatic rings. The van der Waals surface area contributed by atoms with Crippen molar-refractivity contribution in [2.24, 2.45) is 0 Å². The minimum absolute atomic E-state index is 0.0994. The van der Waals surface area contributed by atoms with Crippen molar-refractivity contribution >= 4 is 175 Å². The number of nitrogens with zero attached hydrogens (tertiary/aromatic N) is 5. The smallest absolute Gasteiger partial charge is 0.252 e. The average molecular weight is 1460 g/mol. The molecule has 0 atom stereocenters. The van der Waals surface area contributed by atoms with Crippen LogP contribution in [-0.4, -0.2) is 30.0 Å². The molecule has 0 spiro atoms. The molecule has 0 radical (unpaired) electrons. The maximum Gasteiger partial charge on any atom is 0.252 e. The lowest BCUT2D eigenvalue weighted by molar-refractivity contribution is 0.590. The highest BCUT2D eigenvalue weighted by Gasteiger charge is 2.44. The Bertz CT molecular complexity index is 7380. The van der Waals surface area contributed by atoms with E-state index < -0.39 is 0 Å². The first-order valence-corrected chi connectivity index (χ1v) is 40.9. The SMILES string of the molecule is CC(C)(C)c1ccc2c(c1)c1cc(C(C)(C)C)ccc1n2-c1cncc(-n2c3ccc(C(C)(C)C)cc3c3cc(C(C)(C)C)ccc32)c1-c1cc2c3c(c1)-n1c4ccc5c6ccccc6c6ccccc6c5c4c4c5c6ccccc6c6ccccc6c5cc(c41)B3c1cc(C(C)(C)C)cc3c4cc(C(C)(C)C)ccc4n-2c13. The van der Waals surface area contributed by atoms with Crippen molar-refractivity contribution in [3.05, 3.63) is 276 Å². The van der Waals surface area contributed by atoms with Gasteiger partial charge in [-0.05, 0) is 227 Å². The normalized spacial score (nSPS) is 13.7. The molecule has 0 amide bonds. The largest absolute Gasteiger partial charge is 0.310 e. The van der Waals surface area contributed by atoms with Gasteiger partial charge in [-0.2, -0.15) is 0 Å². The molecule has 0 fully saturated rings. The molecule has 22 rings (SSSR count). The Morgan fingerprint density at radius 1 is 0.230 bits per heavy atom. The second-order valence-corrected chi connectivity index (χ2v) is 39.6. The van der Waals surface area contributed by atoms with E-state index in [4.69, 9.17) is 4.98 Å². The van der Waals surface area contributed by atoms with E-state index in [9.17, 15) is 0 Å². The van der Waals surface area contributed by atoms with Crippen molar-refractivity contribution in [3.63, 3.8) is 0 Å². The number of pyridine rings is 1. The first-order valence-electron chi connectivity index (χ1n) is 40.9. The lowest BCUT2D eigenvalue weighted by atomic mass is 9.34. The Labute approximate surface area is 661 Å². The molecule has 0 N–H and O–H groups in total. The summed E-state index contributed by atoms with van der Waals surface area (Å²) in [6, 6.07) is 91.8. The quantitative estimate of drug-likeness (QED) is 0.128. The molecule has 5 nitrogen and oxygen atoms in total. The first kappa shape index (κ1) is 68.1. The number of rotatable bonds is 3. The van der Waals surface area contributed by atoms with Gasteiger partial charge in [0.15, 0.2) is 0 Å². The zero-order valence-electron chi connectivity index (χ0n) is 68.4. The van der Waals surface area contributed by atoms with Crippen LogP contribution in [-0.2, 0) is 32.5 Å². The second-order valence-electron chi connectivity index (χ2n) is 39.6. The first-order chi connectivity index (χ1) is 53.9. The summed E-state index contributed by atoms with van der Waals surface area (Å²) in [5, 5.41) is 25.4. The standard InChI is InChI=1S/C107H94BN5/c1-102(2,3)60-35-41-84-75(49-60)76-50-61(103(4,5)6)36-42-85(76)110(84)92-57-109-58-93(111-86-43-37-62(104(7,8)9)51-77(86)78-52-63(105(10,11)12)38-44-87(78)111)94(92)59-47-90-99-91(48-59)113-89-46-40-74-70-31-21-19-27-66(70)68-29-23-25-33-72(68)95(74)97(89)98-96-73-34-26-24-30-69(73)67-28-20-22-32-71(67)80(96)56-83(101(98)113)108(99)82-55-65(107(16,17)18)54-81-79-53-64(106(13,14)15)39-45-88(79)112(90)100(81)82/h19-58H,1-18H3. The summed E-state index contributed by atoms with van der Waals surface area (Å²) in [6.07, 6.45) is 4.40. The van der Waals surface area contributed by atoms with Crippen LogP contribution in [0.15, 0.2) is 243 Å². The van der Waals surface area contributed by atoms with Gasteiger partial charge in [0.2, 0.25) is 0 Å². The van der Waals surface area contributed by atoms with Gasteiger partial charge in [0.05, 0.1) is 62.4 Å². The van der Waals surface area contributed by atoms with Gasteiger partial charge in [-0.3, -0.25) is 4.98 Å². The summed E-state index contributed by atoms with van der Waals surface area (Å²) >= 11 is 0. The number of fused-ring (bicyclic) bond motifs is 30. The van der Waals surface area contributed by atoms with Crippen LogP contribution in [0.4, 0.5) is 0 Å². The zero-order valence-corrected chi connectivity index (χ0v) is 68.4. The van der Waals surface area contributed by atoms with Gasteiger partial charge in [-0.15, -0.1) is 0 Å². The van der Waals surface area contributed by atoms with E-state index in [0.717, 1.165) is 44.6 Å². The van der Waals surface area contributed by atoms with E-state index in [0.29, 0.717) is 0 Å². The number of hydrogen-bond acceptors (Lipinski definition) is 1. The van der Waals surface area contributed by atoms with Crippen molar-refractivity contribution in [2.45, 2.75) is 157 Å². The van der Waals surface area contributed by atoms with Crippen LogP contribution in [0.1, 0.15) is 158 Å². The van der Waals surface area contributed by atoms with Crippen molar-refractivity contribution in [1.82, 2.24) is 23.3 Å². The molecule has 6 heteroatoms. The van der Waals surface area contributed by atoms with E-state index in [1.807, 2.05) is 0 Å². The third kappa shape index (κ3) is 9.44. The Kier molecular flexibility index (Phi) is 13.6. The summed E-state index contributed by atoms with van der Waals surface area (Å²) in [6.45, 7) is 42.3. The Morgan fingerprint density at radius 2 is 0.540 bits per heavy atom. The van der Waals surface area contributed by atoms with Crippen LogP contribution in [0.2, 0.25) is 0 Å². The van der Waals surface area contributed by atoms with Gasteiger partial charge < -0.3 is 18.3 Å². The fourth-order valence-corrected chi connectivity index (χ4v) is 20.5.